The number of thiophene rings is 1. The highest BCUT2D eigenvalue weighted by Gasteiger charge is 2.33. The number of carbonyl (C=O) groups excluding carboxylic acids is 1. The monoisotopic (exact) mass is 358 g/mol. The molecule has 5 nitrogen and oxygen atoms in total. The fraction of sp³-hybridized carbons (Fsp3) is 0.421. The number of anilines is 1. The van der Waals surface area contributed by atoms with Crippen molar-refractivity contribution in [2.45, 2.75) is 39.3 Å². The molecule has 1 aliphatic heterocycles. The number of hydrogen-bond acceptors (Lipinski definition) is 5. The molecule has 2 aliphatic rings. The van der Waals surface area contributed by atoms with Crippen LogP contribution in [0.25, 0.3) is 0 Å². The number of nitrogens with one attached hydrogen (secondary N) is 2. The molecule has 1 aliphatic carbocycles. The van der Waals surface area contributed by atoms with Gasteiger partial charge in [-0.15, -0.1) is 11.3 Å². The van der Waals surface area contributed by atoms with Crippen molar-refractivity contribution in [2.75, 3.05) is 11.9 Å². The van der Waals surface area contributed by atoms with E-state index in [0.717, 1.165) is 35.4 Å². The Hall–Kier alpha value is -2.21. The first kappa shape index (κ1) is 16.3. The predicted molar refractivity (Wildman–Crippen MR) is 98.6 cm³/mol. The second-order valence-corrected chi connectivity index (χ2v) is 7.87. The van der Waals surface area contributed by atoms with Crippen LogP contribution in [0.3, 0.4) is 0 Å². The van der Waals surface area contributed by atoms with E-state index in [0.29, 0.717) is 18.3 Å². The molecule has 4 rings (SSSR count). The summed E-state index contributed by atoms with van der Waals surface area (Å²) in [5, 5.41) is 17.3. The number of benzene rings is 1. The number of rotatable bonds is 3. The summed E-state index contributed by atoms with van der Waals surface area (Å²) in [6.07, 6.45) is 2.86. The SMILES string of the molecule is CCOc1cc(C2NC(=O)c3c(sc4c3CCC(C)C4)N2)ccc1O. The van der Waals surface area contributed by atoms with E-state index in [1.54, 1.807) is 29.5 Å². The summed E-state index contributed by atoms with van der Waals surface area (Å²) in [5.74, 6) is 1.20. The van der Waals surface area contributed by atoms with Crippen LogP contribution in [0.4, 0.5) is 5.00 Å². The number of phenols is 1. The maximum atomic E-state index is 12.7. The number of amides is 1. The highest BCUT2D eigenvalue weighted by molar-refractivity contribution is 7.16. The van der Waals surface area contributed by atoms with Gasteiger partial charge in [-0.3, -0.25) is 4.79 Å². The lowest BCUT2D eigenvalue weighted by atomic mass is 9.88. The molecule has 25 heavy (non-hydrogen) atoms. The minimum atomic E-state index is -0.322. The average molecular weight is 358 g/mol. The van der Waals surface area contributed by atoms with Gasteiger partial charge in [0.2, 0.25) is 0 Å². The summed E-state index contributed by atoms with van der Waals surface area (Å²) in [6, 6.07) is 5.18. The van der Waals surface area contributed by atoms with Crippen molar-refractivity contribution >= 4 is 22.2 Å². The molecule has 0 radical (unpaired) electrons. The van der Waals surface area contributed by atoms with E-state index >= 15 is 0 Å². The van der Waals surface area contributed by atoms with Crippen molar-refractivity contribution in [1.82, 2.24) is 5.32 Å². The van der Waals surface area contributed by atoms with E-state index in [9.17, 15) is 9.90 Å². The summed E-state index contributed by atoms with van der Waals surface area (Å²) in [6.45, 7) is 4.61. The number of aromatic hydroxyl groups is 1. The fourth-order valence-electron chi connectivity index (χ4n) is 3.61. The van der Waals surface area contributed by atoms with E-state index in [2.05, 4.69) is 17.6 Å². The molecule has 0 bridgehead atoms. The van der Waals surface area contributed by atoms with Crippen molar-refractivity contribution in [3.8, 4) is 11.5 Å². The van der Waals surface area contributed by atoms with Crippen LogP contribution in [0.1, 0.15) is 52.8 Å². The summed E-state index contributed by atoms with van der Waals surface area (Å²) in [7, 11) is 0. The molecule has 2 aromatic rings. The van der Waals surface area contributed by atoms with Crippen LogP contribution >= 0.6 is 11.3 Å². The topological polar surface area (TPSA) is 70.6 Å². The zero-order chi connectivity index (χ0) is 17.6. The van der Waals surface area contributed by atoms with E-state index in [1.165, 1.54) is 10.4 Å². The van der Waals surface area contributed by atoms with Gasteiger partial charge >= 0.3 is 0 Å². The van der Waals surface area contributed by atoms with Crippen molar-refractivity contribution in [3.05, 3.63) is 39.8 Å². The maximum absolute atomic E-state index is 12.7. The molecule has 2 heterocycles. The van der Waals surface area contributed by atoms with Crippen LogP contribution in [-0.4, -0.2) is 17.6 Å². The van der Waals surface area contributed by atoms with Crippen LogP contribution < -0.4 is 15.4 Å². The molecular weight excluding hydrogens is 336 g/mol. The fourth-order valence-corrected chi connectivity index (χ4v) is 5.05. The molecule has 1 aromatic heterocycles. The quantitative estimate of drug-likeness (QED) is 0.780. The zero-order valence-corrected chi connectivity index (χ0v) is 15.2. The molecule has 1 aromatic carbocycles. The molecule has 0 fully saturated rings. The lowest BCUT2D eigenvalue weighted by molar-refractivity contribution is 0.0935. The van der Waals surface area contributed by atoms with Gasteiger partial charge in [0, 0.05) is 4.88 Å². The van der Waals surface area contributed by atoms with Gasteiger partial charge in [-0.25, -0.2) is 0 Å². The maximum Gasteiger partial charge on any atom is 0.256 e. The molecular formula is C19H22N2O3S. The first-order chi connectivity index (χ1) is 12.1. The number of carbonyl (C=O) groups is 1. The van der Waals surface area contributed by atoms with Gasteiger partial charge in [-0.05, 0) is 55.4 Å². The normalized spacial score (nSPS) is 21.8. The Balaban J connectivity index is 1.66. The second-order valence-electron chi connectivity index (χ2n) is 6.77. The van der Waals surface area contributed by atoms with Crippen LogP contribution in [0.15, 0.2) is 18.2 Å². The third-order valence-corrected chi connectivity index (χ3v) is 6.09. The number of ether oxygens (including phenoxy) is 1. The van der Waals surface area contributed by atoms with Crippen LogP contribution in [0, 0.1) is 5.92 Å². The van der Waals surface area contributed by atoms with Crippen molar-refractivity contribution < 1.29 is 14.6 Å². The van der Waals surface area contributed by atoms with Crippen molar-refractivity contribution in [3.63, 3.8) is 0 Å². The van der Waals surface area contributed by atoms with E-state index in [1.807, 2.05) is 6.92 Å². The third-order valence-electron chi connectivity index (χ3n) is 4.91. The zero-order valence-electron chi connectivity index (χ0n) is 14.4. The lowest BCUT2D eigenvalue weighted by Gasteiger charge is -2.27. The van der Waals surface area contributed by atoms with Gasteiger partial charge < -0.3 is 20.5 Å². The minimum absolute atomic E-state index is 0.0168. The van der Waals surface area contributed by atoms with Gasteiger partial charge in [-0.2, -0.15) is 0 Å². The van der Waals surface area contributed by atoms with Crippen LogP contribution in [-0.2, 0) is 12.8 Å². The van der Waals surface area contributed by atoms with Crippen molar-refractivity contribution in [2.24, 2.45) is 5.92 Å². The second kappa shape index (κ2) is 6.26. The van der Waals surface area contributed by atoms with E-state index in [-0.39, 0.29) is 17.8 Å². The predicted octanol–water partition coefficient (Wildman–Crippen LogP) is 3.83. The number of phenolic OH excluding ortho intramolecular Hbond substituents is 1. The summed E-state index contributed by atoms with van der Waals surface area (Å²) < 4.78 is 5.45. The van der Waals surface area contributed by atoms with Gasteiger partial charge in [0.15, 0.2) is 11.5 Å². The Morgan fingerprint density at radius 2 is 2.20 bits per heavy atom. The van der Waals surface area contributed by atoms with E-state index in [4.69, 9.17) is 4.74 Å². The smallest absolute Gasteiger partial charge is 0.256 e. The Bertz CT molecular complexity index is 830. The molecule has 0 saturated heterocycles. The average Bonchev–Trinajstić information content (AvgIpc) is 2.94. The highest BCUT2D eigenvalue weighted by Crippen LogP contribution is 2.43. The Morgan fingerprint density at radius 1 is 1.36 bits per heavy atom. The Labute approximate surface area is 151 Å². The Kier molecular flexibility index (Phi) is 4.07. The third kappa shape index (κ3) is 2.84. The van der Waals surface area contributed by atoms with Crippen LogP contribution in [0.5, 0.6) is 11.5 Å². The summed E-state index contributed by atoms with van der Waals surface area (Å²) >= 11 is 1.71. The molecule has 2 atom stereocenters. The molecule has 2 unspecified atom stereocenters. The molecule has 1 amide bonds. The van der Waals surface area contributed by atoms with Gasteiger partial charge in [0.05, 0.1) is 12.2 Å². The van der Waals surface area contributed by atoms with Crippen molar-refractivity contribution in [1.29, 1.82) is 0 Å². The Morgan fingerprint density at radius 3 is 3.00 bits per heavy atom. The minimum Gasteiger partial charge on any atom is -0.504 e. The van der Waals surface area contributed by atoms with Gasteiger partial charge in [0.25, 0.3) is 5.91 Å². The molecule has 132 valence electrons. The molecule has 6 heteroatoms. The van der Waals surface area contributed by atoms with Gasteiger partial charge in [0.1, 0.15) is 11.2 Å². The first-order valence-corrected chi connectivity index (χ1v) is 9.56. The summed E-state index contributed by atoms with van der Waals surface area (Å²) in [5.41, 5.74) is 2.91. The largest absolute Gasteiger partial charge is 0.504 e. The standard InChI is InChI=1S/C19H22N2O3S/c1-3-24-14-9-11(5-7-13(14)22)17-20-18(23)16-12-6-4-10(2)8-15(12)25-19(16)21-17/h5,7,9-10,17,21-22H,3-4,6,8H2,1-2H3,(H,20,23). The molecule has 0 spiro atoms. The molecule has 0 saturated carbocycles. The van der Waals surface area contributed by atoms with E-state index < -0.39 is 0 Å². The highest BCUT2D eigenvalue weighted by atomic mass is 32.1. The van der Waals surface area contributed by atoms with Crippen LogP contribution in [0.2, 0.25) is 0 Å². The van der Waals surface area contributed by atoms with Gasteiger partial charge in [-0.1, -0.05) is 13.0 Å². The molecule has 3 N–H and O–H groups in total. The number of fused-ring (bicyclic) bond motifs is 3. The number of hydrogen-bond donors (Lipinski definition) is 3. The lowest BCUT2D eigenvalue weighted by Crippen LogP contribution is -2.38. The first-order valence-electron chi connectivity index (χ1n) is 8.74. The summed E-state index contributed by atoms with van der Waals surface area (Å²) in [4.78, 5) is 14.1.